The van der Waals surface area contributed by atoms with Crippen LogP contribution < -0.4 is 21.3 Å². The van der Waals surface area contributed by atoms with Gasteiger partial charge in [0.15, 0.2) is 0 Å². The molecule has 0 aliphatic carbocycles. The number of amides is 4. The van der Waals surface area contributed by atoms with Crippen LogP contribution in [0.15, 0.2) is 60.7 Å². The van der Waals surface area contributed by atoms with Gasteiger partial charge in [-0.15, -0.1) is 0 Å². The van der Waals surface area contributed by atoms with Crippen LogP contribution in [0.5, 0.6) is 0 Å². The zero-order chi connectivity index (χ0) is 32.4. The molecule has 234 valence electrons. The van der Waals surface area contributed by atoms with E-state index >= 15 is 0 Å². The first-order valence-corrected chi connectivity index (χ1v) is 13.2. The molecule has 2 aromatic rings. The molecule has 2 rings (SSSR count). The standard InChI is InChI=1S/C15H20N2O5.C14H18N2O5/c1-10(13(18)16-11(2)14(19)21-3)17-15(20)22-9-12-7-5-4-6-8-12;1-9(12(17)15-10(2)13(18)19)16-14(20)21-8-11-6-4-3-5-7-11/h4-8,10-11H,9H2,1-3H3,(H,16,18)(H,17,20);3-7,9-10H,8H2,1-2H3,(H,15,17)(H,16,20)(H,18,19)/t10-,11-;9-,10-/m00/s1. The summed E-state index contributed by atoms with van der Waals surface area (Å²) in [7, 11) is 1.23. The van der Waals surface area contributed by atoms with Crippen molar-refractivity contribution < 1.29 is 48.1 Å². The van der Waals surface area contributed by atoms with Crippen LogP contribution in [0.4, 0.5) is 9.59 Å². The molecule has 0 saturated heterocycles. The molecule has 0 aliphatic rings. The minimum atomic E-state index is -1.15. The average molecular weight is 603 g/mol. The summed E-state index contributed by atoms with van der Waals surface area (Å²) in [6.45, 7) is 5.95. The number of methoxy groups -OCH3 is 1. The first kappa shape index (κ1) is 35.9. The van der Waals surface area contributed by atoms with Crippen LogP contribution in [-0.4, -0.2) is 72.3 Å². The molecule has 0 aromatic heterocycles. The molecule has 14 nitrogen and oxygen atoms in total. The summed E-state index contributed by atoms with van der Waals surface area (Å²) in [6, 6.07) is 14.7. The molecule has 0 bridgehead atoms. The Morgan fingerprint density at radius 3 is 1.33 bits per heavy atom. The molecule has 0 heterocycles. The predicted octanol–water partition coefficient (Wildman–Crippen LogP) is 1.87. The fourth-order valence-corrected chi connectivity index (χ4v) is 2.99. The summed E-state index contributed by atoms with van der Waals surface area (Å²) in [5.74, 6) is -2.81. The number of carbonyl (C=O) groups excluding carboxylic acids is 5. The number of rotatable bonds is 12. The smallest absolute Gasteiger partial charge is 0.408 e. The molecule has 14 heteroatoms. The molecule has 0 spiro atoms. The number of hydrogen-bond donors (Lipinski definition) is 5. The van der Waals surface area contributed by atoms with E-state index in [2.05, 4.69) is 26.0 Å². The first-order valence-electron chi connectivity index (χ1n) is 13.2. The molecule has 0 saturated carbocycles. The lowest BCUT2D eigenvalue weighted by atomic mass is 10.2. The van der Waals surface area contributed by atoms with Crippen molar-refractivity contribution in [1.29, 1.82) is 0 Å². The van der Waals surface area contributed by atoms with Crippen LogP contribution >= 0.6 is 0 Å². The third-order valence-electron chi connectivity index (χ3n) is 5.52. The summed E-state index contributed by atoms with van der Waals surface area (Å²) < 4.78 is 14.5. The van der Waals surface area contributed by atoms with Gasteiger partial charge in [0.25, 0.3) is 0 Å². The molecule has 0 radical (unpaired) electrons. The van der Waals surface area contributed by atoms with Gasteiger partial charge < -0.3 is 40.6 Å². The van der Waals surface area contributed by atoms with Crippen LogP contribution in [0.1, 0.15) is 38.8 Å². The number of esters is 1. The van der Waals surface area contributed by atoms with E-state index in [-0.39, 0.29) is 13.2 Å². The Morgan fingerprint density at radius 2 is 0.977 bits per heavy atom. The Labute approximate surface area is 249 Å². The number of alkyl carbamates (subject to hydrolysis) is 2. The second-order valence-corrected chi connectivity index (χ2v) is 9.18. The summed E-state index contributed by atoms with van der Waals surface area (Å²) in [5, 5.41) is 18.1. The summed E-state index contributed by atoms with van der Waals surface area (Å²) in [6.07, 6.45) is -1.46. The Morgan fingerprint density at radius 1 is 0.605 bits per heavy atom. The Hall–Kier alpha value is -5.14. The van der Waals surface area contributed by atoms with Crippen molar-refractivity contribution in [3.8, 4) is 0 Å². The van der Waals surface area contributed by atoms with Gasteiger partial charge in [-0.3, -0.25) is 14.4 Å². The molecule has 2 aromatic carbocycles. The predicted molar refractivity (Wildman–Crippen MR) is 153 cm³/mol. The fraction of sp³-hybridized carbons (Fsp3) is 0.379. The lowest BCUT2D eigenvalue weighted by molar-refractivity contribution is -0.144. The molecule has 0 unspecified atom stereocenters. The van der Waals surface area contributed by atoms with Crippen LogP contribution in [0.2, 0.25) is 0 Å². The van der Waals surface area contributed by atoms with Gasteiger partial charge in [-0.2, -0.15) is 0 Å². The maximum absolute atomic E-state index is 11.8. The Kier molecular flexibility index (Phi) is 15.9. The van der Waals surface area contributed by atoms with Crippen molar-refractivity contribution >= 4 is 35.9 Å². The number of aliphatic carboxylic acids is 1. The topological polar surface area (TPSA) is 198 Å². The van der Waals surface area contributed by atoms with Crippen LogP contribution in [0.25, 0.3) is 0 Å². The molecule has 4 amide bonds. The Balaban J connectivity index is 0.000000430. The maximum atomic E-state index is 11.8. The number of nitrogens with one attached hydrogen (secondary N) is 4. The second-order valence-electron chi connectivity index (χ2n) is 9.18. The summed E-state index contributed by atoms with van der Waals surface area (Å²) in [5.41, 5.74) is 1.67. The third kappa shape index (κ3) is 14.9. The molecule has 0 fully saturated rings. The lowest BCUT2D eigenvalue weighted by Gasteiger charge is -2.17. The van der Waals surface area contributed by atoms with E-state index in [1.165, 1.54) is 34.8 Å². The quantitative estimate of drug-likeness (QED) is 0.177. The van der Waals surface area contributed by atoms with E-state index in [4.69, 9.17) is 14.6 Å². The van der Waals surface area contributed by atoms with Crippen molar-refractivity contribution in [2.24, 2.45) is 0 Å². The van der Waals surface area contributed by atoms with Crippen molar-refractivity contribution in [3.63, 3.8) is 0 Å². The van der Waals surface area contributed by atoms with Crippen LogP contribution in [0.3, 0.4) is 0 Å². The van der Waals surface area contributed by atoms with E-state index in [0.717, 1.165) is 11.1 Å². The zero-order valence-electron chi connectivity index (χ0n) is 24.6. The minimum Gasteiger partial charge on any atom is -0.480 e. The number of hydrogen-bond acceptors (Lipinski definition) is 9. The molecular formula is C29H38N4O10. The number of carbonyl (C=O) groups is 6. The highest BCUT2D eigenvalue weighted by molar-refractivity contribution is 5.89. The third-order valence-corrected chi connectivity index (χ3v) is 5.52. The molecular weight excluding hydrogens is 564 g/mol. The van der Waals surface area contributed by atoms with Crippen molar-refractivity contribution in [1.82, 2.24) is 21.3 Å². The van der Waals surface area contributed by atoms with E-state index in [1.54, 1.807) is 12.1 Å². The SMILES string of the molecule is COC(=O)[C@H](C)NC(=O)[C@H](C)NC(=O)OCc1ccccc1.C[C@H](NC(=O)[C@H](C)NC(=O)OCc1ccccc1)C(=O)O. The summed E-state index contributed by atoms with van der Waals surface area (Å²) in [4.78, 5) is 68.4. The molecule has 4 atom stereocenters. The minimum absolute atomic E-state index is 0.0898. The van der Waals surface area contributed by atoms with Crippen molar-refractivity contribution in [2.75, 3.05) is 7.11 Å². The highest BCUT2D eigenvalue weighted by Gasteiger charge is 2.22. The molecule has 0 aliphatic heterocycles. The molecule has 43 heavy (non-hydrogen) atoms. The number of carboxylic acids is 1. The van der Waals surface area contributed by atoms with Gasteiger partial charge in [0.2, 0.25) is 11.8 Å². The van der Waals surface area contributed by atoms with Crippen molar-refractivity contribution in [2.45, 2.75) is 65.1 Å². The highest BCUT2D eigenvalue weighted by Crippen LogP contribution is 2.02. The van der Waals surface area contributed by atoms with Gasteiger partial charge >= 0.3 is 24.1 Å². The van der Waals surface area contributed by atoms with Crippen LogP contribution in [0, 0.1) is 0 Å². The van der Waals surface area contributed by atoms with Gasteiger partial charge in [0.1, 0.15) is 37.4 Å². The average Bonchev–Trinajstić information content (AvgIpc) is 2.99. The first-order chi connectivity index (χ1) is 20.3. The highest BCUT2D eigenvalue weighted by atomic mass is 16.6. The lowest BCUT2D eigenvalue weighted by Crippen LogP contribution is -2.49. The molecule has 5 N–H and O–H groups in total. The zero-order valence-corrected chi connectivity index (χ0v) is 24.6. The van der Waals surface area contributed by atoms with Gasteiger partial charge in [0.05, 0.1) is 7.11 Å². The van der Waals surface area contributed by atoms with Crippen molar-refractivity contribution in [3.05, 3.63) is 71.8 Å². The maximum Gasteiger partial charge on any atom is 0.408 e. The normalized spacial score (nSPS) is 12.8. The number of benzene rings is 2. The van der Waals surface area contributed by atoms with Gasteiger partial charge in [-0.1, -0.05) is 60.7 Å². The fourth-order valence-electron chi connectivity index (χ4n) is 2.99. The second kappa shape index (κ2) is 19.1. The van der Waals surface area contributed by atoms with E-state index in [1.807, 2.05) is 48.5 Å². The van der Waals surface area contributed by atoms with Crippen LogP contribution in [-0.2, 0) is 46.6 Å². The number of ether oxygens (including phenoxy) is 3. The van der Waals surface area contributed by atoms with Gasteiger partial charge in [-0.25, -0.2) is 14.4 Å². The van der Waals surface area contributed by atoms with E-state index in [9.17, 15) is 28.8 Å². The van der Waals surface area contributed by atoms with E-state index in [0.29, 0.717) is 0 Å². The summed E-state index contributed by atoms with van der Waals surface area (Å²) >= 11 is 0. The largest absolute Gasteiger partial charge is 0.480 e. The van der Waals surface area contributed by atoms with Gasteiger partial charge in [0, 0.05) is 0 Å². The number of carboxylic acid groups (broad SMARTS) is 1. The van der Waals surface area contributed by atoms with E-state index < -0.39 is 60.1 Å². The Bertz CT molecular complexity index is 1210. The van der Waals surface area contributed by atoms with Gasteiger partial charge in [-0.05, 0) is 38.8 Å². The monoisotopic (exact) mass is 602 g/mol.